The third kappa shape index (κ3) is 4.72. The number of hydrogen-bond donors (Lipinski definition) is 3. The average Bonchev–Trinajstić information content (AvgIpc) is 2.58. The van der Waals surface area contributed by atoms with Crippen molar-refractivity contribution >= 4 is 22.8 Å². The third-order valence-electron chi connectivity index (χ3n) is 4.43. The van der Waals surface area contributed by atoms with Crippen molar-refractivity contribution in [3.63, 3.8) is 0 Å². The van der Waals surface area contributed by atoms with Crippen LogP contribution in [0.15, 0.2) is 40.7 Å². The molecule has 2 rings (SSSR count). The first kappa shape index (κ1) is 18.8. The van der Waals surface area contributed by atoms with E-state index in [0.717, 1.165) is 35.3 Å². The molecular formula is C20H28N4O. The number of hydrogen-bond acceptors (Lipinski definition) is 5. The number of nitrogens with zero attached hydrogens (tertiary/aromatic N) is 1. The van der Waals surface area contributed by atoms with Gasteiger partial charge < -0.3 is 16.2 Å². The van der Waals surface area contributed by atoms with Crippen molar-refractivity contribution < 1.29 is 4.74 Å². The summed E-state index contributed by atoms with van der Waals surface area (Å²) in [4.78, 5) is 4.66. The van der Waals surface area contributed by atoms with E-state index in [1.165, 1.54) is 12.8 Å². The van der Waals surface area contributed by atoms with E-state index in [1.807, 2.05) is 26.0 Å². The Labute approximate surface area is 150 Å². The van der Waals surface area contributed by atoms with Gasteiger partial charge in [-0.3, -0.25) is 5.41 Å². The lowest BCUT2D eigenvalue weighted by Gasteiger charge is -2.16. The molecular weight excluding hydrogens is 312 g/mol. The van der Waals surface area contributed by atoms with Gasteiger partial charge in [0.05, 0.1) is 29.4 Å². The standard InChI is InChI=1S/C20H28N4O/c1-4-5-6-7-10-25-20-12-19(16(22)11-17(20)23)24-18-9-8-15(21)13(2)14(18)3/h8-9,11-12,23H,4-7,10,21-22H2,1-3H3/b23-17?,24-19+. The molecule has 5 heteroatoms. The molecule has 134 valence electrons. The molecule has 1 aromatic carbocycles. The summed E-state index contributed by atoms with van der Waals surface area (Å²) in [5, 5.41) is 8.05. The molecule has 0 unspecified atom stereocenters. The molecule has 5 N–H and O–H groups in total. The fraction of sp³-hybridized carbons (Fsp3) is 0.400. The van der Waals surface area contributed by atoms with Gasteiger partial charge in [-0.25, -0.2) is 4.99 Å². The van der Waals surface area contributed by atoms with E-state index in [1.54, 1.807) is 12.2 Å². The first-order valence-electron chi connectivity index (χ1n) is 8.79. The maximum absolute atomic E-state index is 8.05. The number of rotatable bonds is 7. The molecule has 0 saturated carbocycles. The zero-order valence-electron chi connectivity index (χ0n) is 15.4. The van der Waals surface area contributed by atoms with Crippen LogP contribution in [0.5, 0.6) is 0 Å². The van der Waals surface area contributed by atoms with Gasteiger partial charge in [0.25, 0.3) is 0 Å². The Kier molecular flexibility index (Phi) is 6.39. The Morgan fingerprint density at radius 2 is 1.80 bits per heavy atom. The largest absolute Gasteiger partial charge is 0.491 e. The van der Waals surface area contributed by atoms with Crippen molar-refractivity contribution in [3.05, 3.63) is 46.9 Å². The van der Waals surface area contributed by atoms with Gasteiger partial charge in [-0.15, -0.1) is 0 Å². The highest BCUT2D eigenvalue weighted by Gasteiger charge is 2.16. The monoisotopic (exact) mass is 340 g/mol. The summed E-state index contributed by atoms with van der Waals surface area (Å²) in [6.07, 6.45) is 7.87. The van der Waals surface area contributed by atoms with Crippen molar-refractivity contribution in [2.75, 3.05) is 12.3 Å². The van der Waals surface area contributed by atoms with Gasteiger partial charge in [0.2, 0.25) is 0 Å². The molecule has 0 bridgehead atoms. The minimum atomic E-state index is 0.289. The van der Waals surface area contributed by atoms with E-state index in [-0.39, 0.29) is 5.71 Å². The lowest BCUT2D eigenvalue weighted by atomic mass is 10.0. The topological polar surface area (TPSA) is 97.5 Å². The first-order valence-corrected chi connectivity index (χ1v) is 8.79. The minimum absolute atomic E-state index is 0.289. The summed E-state index contributed by atoms with van der Waals surface area (Å²) >= 11 is 0. The van der Waals surface area contributed by atoms with Gasteiger partial charge >= 0.3 is 0 Å². The quantitative estimate of drug-likeness (QED) is 0.392. The van der Waals surface area contributed by atoms with Gasteiger partial charge in [0.15, 0.2) is 0 Å². The fourth-order valence-corrected chi connectivity index (χ4v) is 2.59. The first-order chi connectivity index (χ1) is 11.9. The SMILES string of the molecule is CCCCCCOC1=C/C(=N\c2ccc(N)c(C)c2C)C(N)=CC1=N. The molecule has 0 fully saturated rings. The zero-order chi connectivity index (χ0) is 18.4. The van der Waals surface area contributed by atoms with Crippen LogP contribution in [0.2, 0.25) is 0 Å². The van der Waals surface area contributed by atoms with Crippen molar-refractivity contribution in [1.82, 2.24) is 0 Å². The summed E-state index contributed by atoms with van der Waals surface area (Å²) < 4.78 is 5.77. The number of anilines is 1. The van der Waals surface area contributed by atoms with Crippen LogP contribution in [-0.4, -0.2) is 18.0 Å². The molecule has 0 aromatic heterocycles. The maximum atomic E-state index is 8.05. The van der Waals surface area contributed by atoms with E-state index >= 15 is 0 Å². The minimum Gasteiger partial charge on any atom is -0.491 e. The molecule has 5 nitrogen and oxygen atoms in total. The molecule has 0 radical (unpaired) electrons. The molecule has 0 heterocycles. The van der Waals surface area contributed by atoms with Crippen LogP contribution < -0.4 is 11.5 Å². The lowest BCUT2D eigenvalue weighted by Crippen LogP contribution is -2.20. The molecule has 1 aliphatic rings. The van der Waals surface area contributed by atoms with Crippen molar-refractivity contribution in [1.29, 1.82) is 5.41 Å². The molecule has 0 spiro atoms. The number of nitrogen functional groups attached to an aromatic ring is 1. The second-order valence-corrected chi connectivity index (χ2v) is 6.35. The Bertz CT molecular complexity index is 744. The van der Waals surface area contributed by atoms with Gasteiger partial charge in [0, 0.05) is 11.8 Å². The maximum Gasteiger partial charge on any atom is 0.146 e. The van der Waals surface area contributed by atoms with Crippen molar-refractivity contribution in [2.45, 2.75) is 46.5 Å². The zero-order valence-corrected chi connectivity index (χ0v) is 15.4. The van der Waals surface area contributed by atoms with Crippen molar-refractivity contribution in [2.24, 2.45) is 10.7 Å². The Morgan fingerprint density at radius 1 is 1.04 bits per heavy atom. The molecule has 0 aliphatic heterocycles. The summed E-state index contributed by atoms with van der Waals surface area (Å²) in [5.74, 6) is 0.522. The summed E-state index contributed by atoms with van der Waals surface area (Å²) in [6.45, 7) is 6.75. The van der Waals surface area contributed by atoms with E-state index in [0.29, 0.717) is 23.8 Å². The number of allylic oxidation sites excluding steroid dienone is 2. The number of aliphatic imine (C=N–C) groups is 1. The Hall–Kier alpha value is -2.56. The highest BCUT2D eigenvalue weighted by molar-refractivity contribution is 6.22. The number of nitrogens with two attached hydrogens (primary N) is 2. The second-order valence-electron chi connectivity index (χ2n) is 6.35. The van der Waals surface area contributed by atoms with E-state index in [4.69, 9.17) is 21.6 Å². The number of nitrogens with one attached hydrogen (secondary N) is 1. The number of benzene rings is 1. The fourth-order valence-electron chi connectivity index (χ4n) is 2.59. The summed E-state index contributed by atoms with van der Waals surface area (Å²) in [7, 11) is 0. The predicted molar refractivity (Wildman–Crippen MR) is 106 cm³/mol. The van der Waals surface area contributed by atoms with Crippen LogP contribution in [0.1, 0.15) is 43.7 Å². The molecule has 25 heavy (non-hydrogen) atoms. The number of ether oxygens (including phenoxy) is 1. The van der Waals surface area contributed by atoms with Crippen LogP contribution in [0, 0.1) is 19.3 Å². The Morgan fingerprint density at radius 3 is 2.52 bits per heavy atom. The normalized spacial score (nSPS) is 16.0. The summed E-state index contributed by atoms with van der Waals surface area (Å²) in [5.41, 5.74) is 17.0. The van der Waals surface area contributed by atoms with Gasteiger partial charge in [0.1, 0.15) is 5.76 Å². The summed E-state index contributed by atoms with van der Waals surface area (Å²) in [6, 6.07) is 3.73. The molecule has 1 aromatic rings. The van der Waals surface area contributed by atoms with Crippen LogP contribution in [0.3, 0.4) is 0 Å². The van der Waals surface area contributed by atoms with Gasteiger partial charge in [-0.2, -0.15) is 0 Å². The van der Waals surface area contributed by atoms with Crippen LogP contribution in [-0.2, 0) is 4.74 Å². The molecule has 0 atom stereocenters. The van der Waals surface area contributed by atoms with Crippen LogP contribution in [0.4, 0.5) is 11.4 Å². The third-order valence-corrected chi connectivity index (χ3v) is 4.43. The van der Waals surface area contributed by atoms with E-state index in [9.17, 15) is 0 Å². The number of unbranched alkanes of at least 4 members (excludes halogenated alkanes) is 3. The average molecular weight is 340 g/mol. The van der Waals surface area contributed by atoms with Crippen molar-refractivity contribution in [3.8, 4) is 0 Å². The Balaban J connectivity index is 2.19. The van der Waals surface area contributed by atoms with Gasteiger partial charge in [-0.1, -0.05) is 26.2 Å². The van der Waals surface area contributed by atoms with Crippen LogP contribution in [0.25, 0.3) is 0 Å². The lowest BCUT2D eigenvalue weighted by molar-refractivity contribution is 0.223. The highest BCUT2D eigenvalue weighted by Crippen LogP contribution is 2.27. The molecule has 0 amide bonds. The van der Waals surface area contributed by atoms with Gasteiger partial charge in [-0.05, 0) is 49.6 Å². The highest BCUT2D eigenvalue weighted by atomic mass is 16.5. The second kappa shape index (κ2) is 8.51. The van der Waals surface area contributed by atoms with Crippen LogP contribution >= 0.6 is 0 Å². The van der Waals surface area contributed by atoms with E-state index < -0.39 is 0 Å². The molecule has 1 aliphatic carbocycles. The predicted octanol–water partition coefficient (Wildman–Crippen LogP) is 4.31. The molecule has 0 saturated heterocycles. The van der Waals surface area contributed by atoms with E-state index in [2.05, 4.69) is 11.9 Å². The smallest absolute Gasteiger partial charge is 0.146 e.